The van der Waals surface area contributed by atoms with Crippen LogP contribution in [0, 0.1) is 5.82 Å². The molecule has 3 aromatic rings. The van der Waals surface area contributed by atoms with E-state index in [1.165, 1.54) is 12.1 Å². The van der Waals surface area contributed by atoms with Gasteiger partial charge in [0.05, 0.1) is 13.0 Å². The summed E-state index contributed by atoms with van der Waals surface area (Å²) in [5, 5.41) is 16.7. The Hall–Kier alpha value is -3.25. The third-order valence-electron chi connectivity index (χ3n) is 4.39. The SMILES string of the molecule is O=C(Cc1ccc2ccccc2c1)NC(CO)C(=O)NCc1ccc(F)cc1. The van der Waals surface area contributed by atoms with E-state index in [4.69, 9.17) is 0 Å². The largest absolute Gasteiger partial charge is 0.394 e. The molecule has 0 saturated carbocycles. The smallest absolute Gasteiger partial charge is 0.245 e. The van der Waals surface area contributed by atoms with Gasteiger partial charge in [0.15, 0.2) is 0 Å². The van der Waals surface area contributed by atoms with E-state index >= 15 is 0 Å². The molecule has 1 unspecified atom stereocenters. The van der Waals surface area contributed by atoms with Crippen molar-refractivity contribution < 1.29 is 19.1 Å². The Kier molecular flexibility index (Phi) is 6.34. The highest BCUT2D eigenvalue weighted by atomic mass is 19.1. The second-order valence-electron chi connectivity index (χ2n) is 6.51. The van der Waals surface area contributed by atoms with Crippen molar-refractivity contribution in [2.75, 3.05) is 6.61 Å². The molecule has 1 atom stereocenters. The lowest BCUT2D eigenvalue weighted by molar-refractivity contribution is -0.129. The summed E-state index contributed by atoms with van der Waals surface area (Å²) in [5.41, 5.74) is 1.54. The minimum atomic E-state index is -1.05. The minimum Gasteiger partial charge on any atom is -0.394 e. The van der Waals surface area contributed by atoms with Crippen LogP contribution >= 0.6 is 0 Å². The first-order valence-electron chi connectivity index (χ1n) is 8.95. The van der Waals surface area contributed by atoms with Gasteiger partial charge in [-0.1, -0.05) is 54.6 Å². The van der Waals surface area contributed by atoms with Gasteiger partial charge in [-0.05, 0) is 34.0 Å². The van der Waals surface area contributed by atoms with Crippen LogP contribution in [0.3, 0.4) is 0 Å². The molecule has 0 fully saturated rings. The van der Waals surface area contributed by atoms with Gasteiger partial charge in [0.1, 0.15) is 11.9 Å². The lowest BCUT2D eigenvalue weighted by Gasteiger charge is -2.16. The van der Waals surface area contributed by atoms with Crippen molar-refractivity contribution in [2.24, 2.45) is 0 Å². The second kappa shape index (κ2) is 9.10. The molecule has 0 aliphatic carbocycles. The Morgan fingerprint density at radius 3 is 2.32 bits per heavy atom. The summed E-state index contributed by atoms with van der Waals surface area (Å²) in [5.74, 6) is -1.21. The molecule has 0 heterocycles. The van der Waals surface area contributed by atoms with Gasteiger partial charge in [0, 0.05) is 6.54 Å². The van der Waals surface area contributed by atoms with E-state index in [0.717, 1.165) is 16.3 Å². The van der Waals surface area contributed by atoms with Gasteiger partial charge in [-0.3, -0.25) is 9.59 Å². The summed E-state index contributed by atoms with van der Waals surface area (Å²) in [7, 11) is 0. The Bertz CT molecular complexity index is 973. The summed E-state index contributed by atoms with van der Waals surface area (Å²) in [4.78, 5) is 24.5. The molecule has 28 heavy (non-hydrogen) atoms. The molecular weight excluding hydrogens is 359 g/mol. The highest BCUT2D eigenvalue weighted by Gasteiger charge is 2.19. The molecule has 0 aliphatic rings. The zero-order chi connectivity index (χ0) is 19.9. The number of carbonyl (C=O) groups excluding carboxylic acids is 2. The van der Waals surface area contributed by atoms with Gasteiger partial charge in [0.2, 0.25) is 11.8 Å². The Morgan fingerprint density at radius 1 is 0.929 bits per heavy atom. The van der Waals surface area contributed by atoms with Crippen molar-refractivity contribution in [3.8, 4) is 0 Å². The first-order valence-corrected chi connectivity index (χ1v) is 8.95. The van der Waals surface area contributed by atoms with E-state index < -0.39 is 18.6 Å². The molecule has 144 valence electrons. The van der Waals surface area contributed by atoms with Crippen LogP contribution in [0.2, 0.25) is 0 Å². The second-order valence-corrected chi connectivity index (χ2v) is 6.51. The number of benzene rings is 3. The minimum absolute atomic E-state index is 0.104. The number of hydrogen-bond donors (Lipinski definition) is 3. The number of rotatable bonds is 7. The summed E-state index contributed by atoms with van der Waals surface area (Å²) < 4.78 is 12.9. The molecule has 3 aromatic carbocycles. The number of hydrogen-bond acceptors (Lipinski definition) is 3. The van der Waals surface area contributed by atoms with Crippen molar-refractivity contribution in [1.82, 2.24) is 10.6 Å². The van der Waals surface area contributed by atoms with Gasteiger partial charge in [0.25, 0.3) is 0 Å². The van der Waals surface area contributed by atoms with E-state index in [2.05, 4.69) is 10.6 Å². The predicted molar refractivity (Wildman–Crippen MR) is 105 cm³/mol. The van der Waals surface area contributed by atoms with Gasteiger partial charge in [-0.2, -0.15) is 0 Å². The normalized spacial score (nSPS) is 11.8. The van der Waals surface area contributed by atoms with Crippen LogP contribution < -0.4 is 10.6 Å². The fraction of sp³-hybridized carbons (Fsp3) is 0.182. The first-order chi connectivity index (χ1) is 13.5. The molecule has 2 amide bonds. The quantitative estimate of drug-likeness (QED) is 0.589. The number of carbonyl (C=O) groups is 2. The molecule has 0 saturated heterocycles. The van der Waals surface area contributed by atoms with Crippen LogP contribution in [-0.2, 0) is 22.6 Å². The van der Waals surface area contributed by atoms with Crippen LogP contribution in [0.15, 0.2) is 66.7 Å². The number of nitrogens with one attached hydrogen (secondary N) is 2. The topological polar surface area (TPSA) is 78.4 Å². The average Bonchev–Trinajstić information content (AvgIpc) is 2.71. The molecule has 5 nitrogen and oxygen atoms in total. The van der Waals surface area contributed by atoms with Crippen LogP contribution in [0.25, 0.3) is 10.8 Å². The lowest BCUT2D eigenvalue weighted by atomic mass is 10.0. The average molecular weight is 380 g/mol. The highest BCUT2D eigenvalue weighted by molar-refractivity contribution is 5.89. The highest BCUT2D eigenvalue weighted by Crippen LogP contribution is 2.16. The summed E-state index contributed by atoms with van der Waals surface area (Å²) in [6.07, 6.45) is 0.104. The zero-order valence-corrected chi connectivity index (χ0v) is 15.2. The Labute approximate surface area is 162 Å². The molecule has 0 aromatic heterocycles. The molecule has 0 spiro atoms. The van der Waals surface area contributed by atoms with Crippen LogP contribution in [-0.4, -0.2) is 29.6 Å². The maximum absolute atomic E-state index is 12.9. The number of fused-ring (bicyclic) bond motifs is 1. The van der Waals surface area contributed by atoms with Crippen molar-refractivity contribution in [3.63, 3.8) is 0 Å². The van der Waals surface area contributed by atoms with E-state index in [0.29, 0.717) is 5.56 Å². The van der Waals surface area contributed by atoms with Crippen LogP contribution in [0.4, 0.5) is 4.39 Å². The number of amides is 2. The zero-order valence-electron chi connectivity index (χ0n) is 15.2. The van der Waals surface area contributed by atoms with Crippen LogP contribution in [0.5, 0.6) is 0 Å². The van der Waals surface area contributed by atoms with Gasteiger partial charge >= 0.3 is 0 Å². The van der Waals surface area contributed by atoms with Crippen molar-refractivity contribution >= 4 is 22.6 Å². The molecule has 3 rings (SSSR count). The van der Waals surface area contributed by atoms with Crippen molar-refractivity contribution in [3.05, 3.63) is 83.7 Å². The number of aliphatic hydroxyl groups is 1. The standard InChI is InChI=1S/C22H21FN2O3/c23-19-9-6-15(7-10-19)13-24-22(28)20(14-26)25-21(27)12-16-5-8-17-3-1-2-4-18(17)11-16/h1-11,20,26H,12-14H2,(H,24,28)(H,25,27). The molecule has 0 aliphatic heterocycles. The molecule has 3 N–H and O–H groups in total. The lowest BCUT2D eigenvalue weighted by Crippen LogP contribution is -2.49. The van der Waals surface area contributed by atoms with Crippen molar-refractivity contribution in [1.29, 1.82) is 0 Å². The van der Waals surface area contributed by atoms with E-state index in [-0.39, 0.29) is 24.7 Å². The third kappa shape index (κ3) is 5.14. The molecule has 6 heteroatoms. The fourth-order valence-corrected chi connectivity index (χ4v) is 2.89. The molecular formula is C22H21FN2O3. The Morgan fingerprint density at radius 2 is 1.61 bits per heavy atom. The third-order valence-corrected chi connectivity index (χ3v) is 4.39. The van der Waals surface area contributed by atoms with Gasteiger partial charge in [-0.15, -0.1) is 0 Å². The van der Waals surface area contributed by atoms with E-state index in [1.807, 2.05) is 42.5 Å². The summed E-state index contributed by atoms with van der Waals surface area (Å²) >= 11 is 0. The predicted octanol–water partition coefficient (Wildman–Crippen LogP) is 2.31. The fourth-order valence-electron chi connectivity index (χ4n) is 2.89. The monoisotopic (exact) mass is 380 g/mol. The molecule has 0 radical (unpaired) electrons. The molecule has 0 bridgehead atoms. The maximum Gasteiger partial charge on any atom is 0.245 e. The van der Waals surface area contributed by atoms with Crippen LogP contribution in [0.1, 0.15) is 11.1 Å². The number of halogens is 1. The Balaban J connectivity index is 1.55. The van der Waals surface area contributed by atoms with Crippen molar-refractivity contribution in [2.45, 2.75) is 19.0 Å². The summed E-state index contributed by atoms with van der Waals surface area (Å²) in [6.45, 7) is -0.338. The first kappa shape index (κ1) is 19.5. The maximum atomic E-state index is 12.9. The number of aliphatic hydroxyl groups excluding tert-OH is 1. The van der Waals surface area contributed by atoms with E-state index in [9.17, 15) is 19.1 Å². The van der Waals surface area contributed by atoms with Gasteiger partial charge < -0.3 is 15.7 Å². The van der Waals surface area contributed by atoms with Gasteiger partial charge in [-0.25, -0.2) is 4.39 Å². The van der Waals surface area contributed by atoms with E-state index in [1.54, 1.807) is 12.1 Å². The summed E-state index contributed by atoms with van der Waals surface area (Å²) in [6, 6.07) is 18.2.